The Labute approximate surface area is 137 Å². The van der Waals surface area contributed by atoms with E-state index in [0.717, 1.165) is 55.9 Å². The molecule has 0 saturated carbocycles. The number of rotatable bonds is 2. The molecule has 116 valence electrons. The monoisotopic (exact) mass is 328 g/mol. The molecule has 21 heavy (non-hydrogen) atoms. The molecular formula is C16H22Cl2N2O. The Morgan fingerprint density at radius 3 is 2.71 bits per heavy atom. The van der Waals surface area contributed by atoms with E-state index in [1.165, 1.54) is 0 Å². The molecular weight excluding hydrogens is 307 g/mol. The molecule has 2 fully saturated rings. The van der Waals surface area contributed by atoms with Crippen LogP contribution in [0.5, 0.6) is 0 Å². The normalized spacial score (nSPS) is 25.8. The molecule has 1 aromatic carbocycles. The summed E-state index contributed by atoms with van der Waals surface area (Å²) in [6.45, 7) is 3.37. The fraction of sp³-hybridized carbons (Fsp3) is 0.562. The van der Waals surface area contributed by atoms with E-state index >= 15 is 0 Å². The molecule has 1 N–H and O–H groups in total. The minimum absolute atomic E-state index is 0. The lowest BCUT2D eigenvalue weighted by molar-refractivity contribution is -0.148. The van der Waals surface area contributed by atoms with Gasteiger partial charge in [0.25, 0.3) is 0 Å². The van der Waals surface area contributed by atoms with Crippen molar-refractivity contribution in [2.24, 2.45) is 5.41 Å². The Hall–Kier alpha value is -0.770. The molecule has 0 aromatic heterocycles. The fourth-order valence-corrected chi connectivity index (χ4v) is 3.69. The van der Waals surface area contributed by atoms with Gasteiger partial charge >= 0.3 is 0 Å². The van der Waals surface area contributed by atoms with Crippen molar-refractivity contribution in [3.63, 3.8) is 0 Å². The van der Waals surface area contributed by atoms with Gasteiger partial charge in [-0.2, -0.15) is 0 Å². The third-order valence-corrected chi connectivity index (χ3v) is 4.98. The Morgan fingerprint density at radius 1 is 1.24 bits per heavy atom. The summed E-state index contributed by atoms with van der Waals surface area (Å²) in [5.41, 5.74) is 0.890. The number of piperidine rings is 2. The van der Waals surface area contributed by atoms with Crippen LogP contribution in [0, 0.1) is 5.41 Å². The van der Waals surface area contributed by atoms with Crippen LogP contribution < -0.4 is 5.32 Å². The summed E-state index contributed by atoms with van der Waals surface area (Å²) >= 11 is 6.22. The first kappa shape index (κ1) is 16.6. The first-order chi connectivity index (χ1) is 9.71. The SMILES string of the molecule is Cl.O=C1N(Cc2ccccc2Cl)CCCC12CCCNC2. The maximum absolute atomic E-state index is 12.9. The number of hydrogen-bond donors (Lipinski definition) is 1. The summed E-state index contributed by atoms with van der Waals surface area (Å²) in [6, 6.07) is 7.81. The third-order valence-electron chi connectivity index (χ3n) is 4.62. The molecule has 2 saturated heterocycles. The summed E-state index contributed by atoms with van der Waals surface area (Å²) in [6.07, 6.45) is 4.25. The number of amides is 1. The van der Waals surface area contributed by atoms with Gasteiger partial charge in [-0.25, -0.2) is 0 Å². The second-order valence-electron chi connectivity index (χ2n) is 5.98. The van der Waals surface area contributed by atoms with E-state index in [1.54, 1.807) is 0 Å². The topological polar surface area (TPSA) is 32.3 Å². The van der Waals surface area contributed by atoms with Crippen LogP contribution in [0.1, 0.15) is 31.2 Å². The van der Waals surface area contributed by atoms with E-state index < -0.39 is 0 Å². The molecule has 1 spiro atoms. The highest BCUT2D eigenvalue weighted by Gasteiger charge is 2.44. The number of carbonyl (C=O) groups excluding carboxylic acids is 1. The van der Waals surface area contributed by atoms with Gasteiger partial charge in [-0.1, -0.05) is 29.8 Å². The first-order valence-corrected chi connectivity index (χ1v) is 7.83. The lowest BCUT2D eigenvalue weighted by Gasteiger charge is -2.44. The zero-order chi connectivity index (χ0) is 14.0. The molecule has 2 aliphatic rings. The van der Waals surface area contributed by atoms with Crippen molar-refractivity contribution in [2.45, 2.75) is 32.2 Å². The lowest BCUT2D eigenvalue weighted by atomic mass is 9.73. The van der Waals surface area contributed by atoms with Crippen LogP contribution in [0.2, 0.25) is 5.02 Å². The predicted molar refractivity (Wildman–Crippen MR) is 87.9 cm³/mol. The molecule has 0 aliphatic carbocycles. The molecule has 3 nitrogen and oxygen atoms in total. The molecule has 2 heterocycles. The van der Waals surface area contributed by atoms with E-state index in [4.69, 9.17) is 11.6 Å². The molecule has 1 unspecified atom stereocenters. The number of benzene rings is 1. The first-order valence-electron chi connectivity index (χ1n) is 7.45. The number of halogens is 2. The van der Waals surface area contributed by atoms with Crippen molar-refractivity contribution < 1.29 is 4.79 Å². The molecule has 2 aliphatic heterocycles. The van der Waals surface area contributed by atoms with Gasteiger partial charge in [0, 0.05) is 24.7 Å². The van der Waals surface area contributed by atoms with Gasteiger partial charge in [0.05, 0.1) is 5.41 Å². The van der Waals surface area contributed by atoms with Gasteiger partial charge in [-0.05, 0) is 43.9 Å². The van der Waals surface area contributed by atoms with E-state index in [2.05, 4.69) is 5.32 Å². The largest absolute Gasteiger partial charge is 0.338 e. The number of likely N-dealkylation sites (tertiary alicyclic amines) is 1. The predicted octanol–water partition coefficient (Wildman–Crippen LogP) is 3.25. The van der Waals surface area contributed by atoms with E-state index in [1.807, 2.05) is 29.2 Å². The van der Waals surface area contributed by atoms with Crippen LogP contribution in [0.25, 0.3) is 0 Å². The Morgan fingerprint density at radius 2 is 2.00 bits per heavy atom. The van der Waals surface area contributed by atoms with Crippen molar-refractivity contribution in [3.05, 3.63) is 34.9 Å². The van der Waals surface area contributed by atoms with Gasteiger partial charge in [0.15, 0.2) is 0 Å². The second-order valence-corrected chi connectivity index (χ2v) is 6.39. The highest BCUT2D eigenvalue weighted by Crippen LogP contribution is 2.37. The lowest BCUT2D eigenvalue weighted by Crippen LogP contribution is -2.54. The maximum atomic E-state index is 12.9. The van der Waals surface area contributed by atoms with Crippen LogP contribution in [0.3, 0.4) is 0 Å². The maximum Gasteiger partial charge on any atom is 0.230 e. The van der Waals surface area contributed by atoms with Crippen LogP contribution in [0.15, 0.2) is 24.3 Å². The fourth-order valence-electron chi connectivity index (χ4n) is 3.50. The number of nitrogens with zero attached hydrogens (tertiary/aromatic N) is 1. The molecule has 3 rings (SSSR count). The number of carbonyl (C=O) groups is 1. The van der Waals surface area contributed by atoms with Gasteiger partial charge < -0.3 is 10.2 Å². The highest BCUT2D eigenvalue weighted by atomic mass is 35.5. The molecule has 0 radical (unpaired) electrons. The summed E-state index contributed by atoms with van der Waals surface area (Å²) in [4.78, 5) is 14.9. The van der Waals surface area contributed by atoms with Crippen LogP contribution >= 0.6 is 24.0 Å². The van der Waals surface area contributed by atoms with Gasteiger partial charge in [0.2, 0.25) is 5.91 Å². The molecule has 1 aromatic rings. The van der Waals surface area contributed by atoms with Crippen molar-refractivity contribution in [2.75, 3.05) is 19.6 Å². The molecule has 1 atom stereocenters. The second kappa shape index (κ2) is 6.99. The number of hydrogen-bond acceptors (Lipinski definition) is 2. The molecule has 1 amide bonds. The zero-order valence-corrected chi connectivity index (χ0v) is 13.7. The van der Waals surface area contributed by atoms with Crippen molar-refractivity contribution in [1.82, 2.24) is 10.2 Å². The van der Waals surface area contributed by atoms with E-state index in [-0.39, 0.29) is 17.8 Å². The smallest absolute Gasteiger partial charge is 0.230 e. The third kappa shape index (κ3) is 3.36. The van der Waals surface area contributed by atoms with Gasteiger partial charge in [-0.15, -0.1) is 12.4 Å². The highest BCUT2D eigenvalue weighted by molar-refractivity contribution is 6.31. The quantitative estimate of drug-likeness (QED) is 0.903. The Bertz CT molecular complexity index is 495. The van der Waals surface area contributed by atoms with Gasteiger partial charge in [0.1, 0.15) is 0 Å². The average Bonchev–Trinajstić information content (AvgIpc) is 2.47. The molecule has 5 heteroatoms. The van der Waals surface area contributed by atoms with Crippen molar-refractivity contribution in [1.29, 1.82) is 0 Å². The average molecular weight is 329 g/mol. The minimum atomic E-state index is -0.155. The van der Waals surface area contributed by atoms with Crippen LogP contribution in [-0.2, 0) is 11.3 Å². The minimum Gasteiger partial charge on any atom is -0.338 e. The Balaban J connectivity index is 0.00000161. The van der Waals surface area contributed by atoms with Gasteiger partial charge in [-0.3, -0.25) is 4.79 Å². The van der Waals surface area contributed by atoms with E-state index in [9.17, 15) is 4.79 Å². The number of nitrogens with one attached hydrogen (secondary N) is 1. The van der Waals surface area contributed by atoms with Crippen LogP contribution in [-0.4, -0.2) is 30.4 Å². The zero-order valence-electron chi connectivity index (χ0n) is 12.1. The summed E-state index contributed by atoms with van der Waals surface area (Å²) in [7, 11) is 0. The van der Waals surface area contributed by atoms with Crippen molar-refractivity contribution >= 4 is 29.9 Å². The summed E-state index contributed by atoms with van der Waals surface area (Å²) in [5, 5.41) is 4.15. The standard InChI is InChI=1S/C16H21ClN2O.ClH/c17-14-6-2-1-5-13(14)11-19-10-4-8-16(15(19)20)7-3-9-18-12-16;/h1-2,5-6,18H,3-4,7-12H2;1H. The summed E-state index contributed by atoms with van der Waals surface area (Å²) < 4.78 is 0. The summed E-state index contributed by atoms with van der Waals surface area (Å²) in [5.74, 6) is 0.316. The Kier molecular flexibility index (Phi) is 5.53. The van der Waals surface area contributed by atoms with Crippen LogP contribution in [0.4, 0.5) is 0 Å². The van der Waals surface area contributed by atoms with Crippen molar-refractivity contribution in [3.8, 4) is 0 Å². The van der Waals surface area contributed by atoms with E-state index in [0.29, 0.717) is 12.5 Å². The molecule has 0 bridgehead atoms.